The third-order valence-corrected chi connectivity index (χ3v) is 5.43. The van der Waals surface area contributed by atoms with Crippen molar-refractivity contribution in [1.82, 2.24) is 9.88 Å². The van der Waals surface area contributed by atoms with Crippen molar-refractivity contribution in [2.24, 2.45) is 0 Å². The molecule has 1 atom stereocenters. The van der Waals surface area contributed by atoms with Gasteiger partial charge in [-0.05, 0) is 44.0 Å². The number of carbonyl (C=O) groups excluding carboxylic acids is 2. The lowest BCUT2D eigenvalue weighted by molar-refractivity contribution is -0.117. The Kier molecular flexibility index (Phi) is 6.39. The highest BCUT2D eigenvalue weighted by molar-refractivity contribution is 9.10. The predicted octanol–water partition coefficient (Wildman–Crippen LogP) is 3.47. The molecule has 0 saturated carbocycles. The molecule has 1 aromatic heterocycles. The standard InChI is InChI=1S/C18H20BrN3O3S/c1-12-11-26-18(20-12)21-16(23)10-22(9-15-3-2-8-25-15)17(24)13-4-6-14(19)7-5-13/h4-7,11,15H,2-3,8-10H2,1H3,(H,20,21,23). The number of hydrogen-bond acceptors (Lipinski definition) is 5. The van der Waals surface area contributed by atoms with Gasteiger partial charge in [-0.25, -0.2) is 4.98 Å². The van der Waals surface area contributed by atoms with Crippen molar-refractivity contribution in [2.45, 2.75) is 25.9 Å². The van der Waals surface area contributed by atoms with Crippen LogP contribution in [0.1, 0.15) is 28.9 Å². The van der Waals surface area contributed by atoms with Crippen molar-refractivity contribution in [1.29, 1.82) is 0 Å². The van der Waals surface area contributed by atoms with Gasteiger partial charge in [-0.1, -0.05) is 15.9 Å². The molecule has 0 bridgehead atoms. The molecule has 1 aliphatic heterocycles. The van der Waals surface area contributed by atoms with Gasteiger partial charge in [0, 0.05) is 28.6 Å². The van der Waals surface area contributed by atoms with Crippen molar-refractivity contribution in [3.8, 4) is 0 Å². The monoisotopic (exact) mass is 437 g/mol. The van der Waals surface area contributed by atoms with Gasteiger partial charge < -0.3 is 15.0 Å². The number of carbonyl (C=O) groups is 2. The number of nitrogens with zero attached hydrogens (tertiary/aromatic N) is 2. The van der Waals surface area contributed by atoms with Gasteiger partial charge in [-0.2, -0.15) is 0 Å². The van der Waals surface area contributed by atoms with Crippen LogP contribution < -0.4 is 5.32 Å². The fourth-order valence-corrected chi connectivity index (χ4v) is 3.74. The largest absolute Gasteiger partial charge is 0.376 e. The fourth-order valence-electron chi connectivity index (χ4n) is 2.77. The number of rotatable bonds is 6. The van der Waals surface area contributed by atoms with Gasteiger partial charge in [-0.15, -0.1) is 11.3 Å². The van der Waals surface area contributed by atoms with Gasteiger partial charge >= 0.3 is 0 Å². The summed E-state index contributed by atoms with van der Waals surface area (Å²) in [5.74, 6) is -0.443. The summed E-state index contributed by atoms with van der Waals surface area (Å²) in [6.45, 7) is 2.94. The van der Waals surface area contributed by atoms with Crippen LogP contribution in [-0.2, 0) is 9.53 Å². The maximum Gasteiger partial charge on any atom is 0.254 e. The Morgan fingerprint density at radius 1 is 1.38 bits per heavy atom. The van der Waals surface area contributed by atoms with Crippen LogP contribution in [0, 0.1) is 6.92 Å². The highest BCUT2D eigenvalue weighted by Gasteiger charge is 2.25. The summed E-state index contributed by atoms with van der Waals surface area (Å²) in [5.41, 5.74) is 1.40. The SMILES string of the molecule is Cc1csc(NC(=O)CN(CC2CCCO2)C(=O)c2ccc(Br)cc2)n1. The third kappa shape index (κ3) is 5.12. The molecule has 26 heavy (non-hydrogen) atoms. The molecule has 1 fully saturated rings. The number of amides is 2. The highest BCUT2D eigenvalue weighted by Crippen LogP contribution is 2.18. The Labute approximate surface area is 164 Å². The van der Waals surface area contributed by atoms with Gasteiger partial charge in [0.05, 0.1) is 11.8 Å². The molecule has 0 aliphatic carbocycles. The van der Waals surface area contributed by atoms with E-state index in [2.05, 4.69) is 26.2 Å². The van der Waals surface area contributed by atoms with Gasteiger partial charge in [0.15, 0.2) is 5.13 Å². The molecule has 0 radical (unpaired) electrons. The Morgan fingerprint density at radius 2 is 2.15 bits per heavy atom. The molecule has 2 heterocycles. The average Bonchev–Trinajstić information content (AvgIpc) is 3.26. The van der Waals surface area contributed by atoms with Gasteiger partial charge in [0.1, 0.15) is 6.54 Å². The second-order valence-electron chi connectivity index (χ2n) is 6.17. The molecule has 8 heteroatoms. The summed E-state index contributed by atoms with van der Waals surface area (Å²) in [7, 11) is 0. The lowest BCUT2D eigenvalue weighted by Gasteiger charge is -2.25. The predicted molar refractivity (Wildman–Crippen MR) is 105 cm³/mol. The zero-order chi connectivity index (χ0) is 18.5. The van der Waals surface area contributed by atoms with E-state index in [-0.39, 0.29) is 24.5 Å². The van der Waals surface area contributed by atoms with Crippen molar-refractivity contribution >= 4 is 44.2 Å². The molecule has 1 unspecified atom stereocenters. The maximum absolute atomic E-state index is 12.9. The number of benzene rings is 1. The minimum atomic E-state index is -0.261. The molecule has 138 valence electrons. The van der Waals surface area contributed by atoms with E-state index in [1.165, 1.54) is 11.3 Å². The quantitative estimate of drug-likeness (QED) is 0.750. The lowest BCUT2D eigenvalue weighted by atomic mass is 10.1. The van der Waals surface area contributed by atoms with Crippen molar-refractivity contribution in [3.63, 3.8) is 0 Å². The van der Waals surface area contributed by atoms with Gasteiger partial charge in [-0.3, -0.25) is 9.59 Å². The van der Waals surface area contributed by atoms with Gasteiger partial charge in [0.2, 0.25) is 5.91 Å². The number of thiazole rings is 1. The number of aryl methyl sites for hydroxylation is 1. The zero-order valence-electron chi connectivity index (χ0n) is 14.4. The van der Waals surface area contributed by atoms with E-state index in [0.717, 1.165) is 23.0 Å². The molecule has 2 amide bonds. The van der Waals surface area contributed by atoms with Crippen LogP contribution >= 0.6 is 27.3 Å². The number of hydrogen-bond donors (Lipinski definition) is 1. The Balaban J connectivity index is 1.70. The summed E-state index contributed by atoms with van der Waals surface area (Å²) >= 11 is 4.73. The number of ether oxygens (including phenoxy) is 1. The smallest absolute Gasteiger partial charge is 0.254 e. The highest BCUT2D eigenvalue weighted by atomic mass is 79.9. The molecule has 1 aliphatic rings. The molecule has 1 N–H and O–H groups in total. The normalized spacial score (nSPS) is 16.5. The van der Waals surface area contributed by atoms with E-state index in [4.69, 9.17) is 4.74 Å². The Bertz CT molecular complexity index is 772. The Hall–Kier alpha value is -1.77. The molecular formula is C18H20BrN3O3S. The molecule has 1 saturated heterocycles. The van der Waals surface area contributed by atoms with Crippen LogP contribution in [0.5, 0.6) is 0 Å². The van der Waals surface area contributed by atoms with Crippen LogP contribution in [0.25, 0.3) is 0 Å². The number of aromatic nitrogens is 1. The first-order valence-electron chi connectivity index (χ1n) is 8.39. The van der Waals surface area contributed by atoms with E-state index < -0.39 is 0 Å². The number of anilines is 1. The van der Waals surface area contributed by atoms with Crippen molar-refractivity contribution in [2.75, 3.05) is 25.0 Å². The second kappa shape index (κ2) is 8.75. The maximum atomic E-state index is 12.9. The van der Waals surface area contributed by atoms with Crippen molar-refractivity contribution < 1.29 is 14.3 Å². The number of nitrogens with one attached hydrogen (secondary N) is 1. The van der Waals surface area contributed by atoms with Crippen LogP contribution in [0.4, 0.5) is 5.13 Å². The summed E-state index contributed by atoms with van der Waals surface area (Å²) in [5, 5.41) is 5.17. The molecule has 1 aromatic carbocycles. The summed E-state index contributed by atoms with van der Waals surface area (Å²) in [4.78, 5) is 31.1. The fraction of sp³-hybridized carbons (Fsp3) is 0.389. The van der Waals surface area contributed by atoms with Crippen molar-refractivity contribution in [3.05, 3.63) is 45.4 Å². The summed E-state index contributed by atoms with van der Waals surface area (Å²) in [6, 6.07) is 7.12. The van der Waals surface area contributed by atoms with E-state index in [1.54, 1.807) is 17.0 Å². The second-order valence-corrected chi connectivity index (χ2v) is 7.94. The van der Waals surface area contributed by atoms with E-state index in [0.29, 0.717) is 23.8 Å². The number of halogens is 1. The minimum Gasteiger partial charge on any atom is -0.376 e. The van der Waals surface area contributed by atoms with Crippen LogP contribution in [0.3, 0.4) is 0 Å². The Morgan fingerprint density at radius 3 is 2.77 bits per heavy atom. The van der Waals surface area contributed by atoms with Crippen LogP contribution in [0.2, 0.25) is 0 Å². The molecular weight excluding hydrogens is 418 g/mol. The lowest BCUT2D eigenvalue weighted by Crippen LogP contribution is -2.42. The van der Waals surface area contributed by atoms with E-state index in [1.807, 2.05) is 24.4 Å². The first kappa shape index (κ1) is 19.0. The van der Waals surface area contributed by atoms with Gasteiger partial charge in [0.25, 0.3) is 5.91 Å². The molecule has 6 nitrogen and oxygen atoms in total. The first-order chi connectivity index (χ1) is 12.5. The molecule has 0 spiro atoms. The third-order valence-electron chi connectivity index (χ3n) is 4.03. The minimum absolute atomic E-state index is 0.0238. The van der Waals surface area contributed by atoms with E-state index in [9.17, 15) is 9.59 Å². The molecule has 3 rings (SSSR count). The zero-order valence-corrected chi connectivity index (χ0v) is 16.8. The first-order valence-corrected chi connectivity index (χ1v) is 10.1. The van der Waals surface area contributed by atoms with Crippen LogP contribution in [-0.4, -0.2) is 47.5 Å². The summed E-state index contributed by atoms with van der Waals surface area (Å²) in [6.07, 6.45) is 1.86. The van der Waals surface area contributed by atoms with Crippen LogP contribution in [0.15, 0.2) is 34.1 Å². The summed E-state index contributed by atoms with van der Waals surface area (Å²) < 4.78 is 6.55. The molecule has 2 aromatic rings. The average molecular weight is 438 g/mol. The van der Waals surface area contributed by atoms with E-state index >= 15 is 0 Å². The topological polar surface area (TPSA) is 71.5 Å².